The standard InChI is InChI=1S/C15H14N2O4/c1-7-6-9(19)17-13-10(7)14(20-2)12-11(15(13)21-3)8(18)4-5-16-12/h4-6H,1-3H3,(H,16,18)(H,17,19). The highest BCUT2D eigenvalue weighted by molar-refractivity contribution is 6.08. The van der Waals surface area contributed by atoms with E-state index in [0.29, 0.717) is 33.3 Å². The fraction of sp³-hybridized carbons (Fsp3) is 0.200. The number of ether oxygens (including phenoxy) is 2. The summed E-state index contributed by atoms with van der Waals surface area (Å²) in [6.07, 6.45) is 1.56. The molecule has 0 saturated carbocycles. The molecule has 3 aromatic rings. The summed E-state index contributed by atoms with van der Waals surface area (Å²) >= 11 is 0. The van der Waals surface area contributed by atoms with Crippen LogP contribution in [0, 0.1) is 6.92 Å². The number of nitrogens with one attached hydrogen (secondary N) is 2. The summed E-state index contributed by atoms with van der Waals surface area (Å²) in [5, 5.41) is 1.06. The van der Waals surface area contributed by atoms with Gasteiger partial charge in [0.25, 0.3) is 0 Å². The van der Waals surface area contributed by atoms with Crippen LogP contribution in [-0.4, -0.2) is 24.2 Å². The molecule has 2 heterocycles. The Bertz CT molecular complexity index is 969. The second-order valence-electron chi connectivity index (χ2n) is 4.73. The second-order valence-corrected chi connectivity index (χ2v) is 4.73. The number of aryl methyl sites for hydroxylation is 1. The number of rotatable bonds is 2. The van der Waals surface area contributed by atoms with Crippen molar-refractivity contribution in [1.29, 1.82) is 0 Å². The topological polar surface area (TPSA) is 84.2 Å². The van der Waals surface area contributed by atoms with Crippen molar-refractivity contribution in [3.8, 4) is 11.5 Å². The third-order valence-electron chi connectivity index (χ3n) is 3.52. The Labute approximate surface area is 119 Å². The Kier molecular flexibility index (Phi) is 2.94. The van der Waals surface area contributed by atoms with E-state index in [1.807, 2.05) is 6.92 Å². The number of pyridine rings is 2. The van der Waals surface area contributed by atoms with Crippen molar-refractivity contribution < 1.29 is 9.47 Å². The molecule has 21 heavy (non-hydrogen) atoms. The maximum absolute atomic E-state index is 12.2. The minimum atomic E-state index is -0.257. The maximum atomic E-state index is 12.2. The molecule has 0 spiro atoms. The van der Waals surface area contributed by atoms with Gasteiger partial charge in [-0.15, -0.1) is 0 Å². The number of fused-ring (bicyclic) bond motifs is 2. The molecule has 6 nitrogen and oxygen atoms in total. The summed E-state index contributed by atoms with van der Waals surface area (Å²) in [6, 6.07) is 2.89. The van der Waals surface area contributed by atoms with Crippen LogP contribution in [0.3, 0.4) is 0 Å². The van der Waals surface area contributed by atoms with Gasteiger partial charge in [-0.3, -0.25) is 9.59 Å². The van der Waals surface area contributed by atoms with Gasteiger partial charge in [0.15, 0.2) is 16.9 Å². The molecular formula is C15H14N2O4. The number of benzene rings is 1. The molecule has 0 fully saturated rings. The summed E-state index contributed by atoms with van der Waals surface area (Å²) in [5.74, 6) is 0.843. The van der Waals surface area contributed by atoms with E-state index in [0.717, 1.165) is 5.56 Å². The first-order chi connectivity index (χ1) is 10.1. The van der Waals surface area contributed by atoms with Crippen molar-refractivity contribution in [2.45, 2.75) is 6.92 Å². The number of hydrogen-bond donors (Lipinski definition) is 2. The maximum Gasteiger partial charge on any atom is 0.248 e. The van der Waals surface area contributed by atoms with Gasteiger partial charge in [0.2, 0.25) is 5.56 Å². The molecule has 0 radical (unpaired) electrons. The summed E-state index contributed by atoms with van der Waals surface area (Å²) in [5.41, 5.74) is 1.29. The van der Waals surface area contributed by atoms with Gasteiger partial charge in [0.05, 0.1) is 30.6 Å². The summed E-state index contributed by atoms with van der Waals surface area (Å²) in [7, 11) is 2.99. The Morgan fingerprint density at radius 2 is 1.67 bits per heavy atom. The molecule has 0 bridgehead atoms. The van der Waals surface area contributed by atoms with Crippen LogP contribution >= 0.6 is 0 Å². The van der Waals surface area contributed by atoms with Gasteiger partial charge in [-0.1, -0.05) is 0 Å². The van der Waals surface area contributed by atoms with Gasteiger partial charge in [-0.2, -0.15) is 0 Å². The number of aromatic nitrogens is 2. The smallest absolute Gasteiger partial charge is 0.248 e. The molecule has 6 heteroatoms. The van der Waals surface area contributed by atoms with Crippen molar-refractivity contribution in [2.75, 3.05) is 14.2 Å². The Morgan fingerprint density at radius 3 is 2.33 bits per heavy atom. The van der Waals surface area contributed by atoms with E-state index in [2.05, 4.69) is 9.97 Å². The number of H-pyrrole nitrogens is 2. The number of hydrogen-bond acceptors (Lipinski definition) is 4. The zero-order valence-electron chi connectivity index (χ0n) is 11.9. The molecule has 0 saturated heterocycles. The van der Waals surface area contributed by atoms with E-state index in [-0.39, 0.29) is 11.0 Å². The second kappa shape index (κ2) is 4.66. The van der Waals surface area contributed by atoms with Crippen LogP contribution in [0.5, 0.6) is 11.5 Å². The van der Waals surface area contributed by atoms with E-state index >= 15 is 0 Å². The number of methoxy groups -OCH3 is 2. The minimum absolute atomic E-state index is 0.205. The molecule has 3 rings (SSSR count). The molecular weight excluding hydrogens is 272 g/mol. The molecule has 0 aliphatic carbocycles. The minimum Gasteiger partial charge on any atom is -0.494 e. The van der Waals surface area contributed by atoms with E-state index < -0.39 is 0 Å². The van der Waals surface area contributed by atoms with Crippen LogP contribution in [0.15, 0.2) is 27.9 Å². The molecule has 1 aromatic carbocycles. The third-order valence-corrected chi connectivity index (χ3v) is 3.52. The lowest BCUT2D eigenvalue weighted by atomic mass is 10.0. The fourth-order valence-electron chi connectivity index (χ4n) is 2.69. The fourth-order valence-corrected chi connectivity index (χ4v) is 2.69. The Morgan fingerprint density at radius 1 is 1.00 bits per heavy atom. The molecule has 0 aliphatic rings. The van der Waals surface area contributed by atoms with E-state index in [1.165, 1.54) is 26.4 Å². The lowest BCUT2D eigenvalue weighted by Crippen LogP contribution is -2.10. The van der Waals surface area contributed by atoms with Gasteiger partial charge in [0.1, 0.15) is 0 Å². The van der Waals surface area contributed by atoms with Crippen LogP contribution in [0.1, 0.15) is 5.56 Å². The highest BCUT2D eigenvalue weighted by Gasteiger charge is 2.19. The van der Waals surface area contributed by atoms with Crippen LogP contribution in [0.4, 0.5) is 0 Å². The zero-order valence-corrected chi connectivity index (χ0v) is 11.9. The molecule has 0 unspecified atom stereocenters. The predicted molar refractivity (Wildman–Crippen MR) is 80.5 cm³/mol. The van der Waals surface area contributed by atoms with Crippen LogP contribution in [0.2, 0.25) is 0 Å². The van der Waals surface area contributed by atoms with Crippen molar-refractivity contribution >= 4 is 21.8 Å². The summed E-state index contributed by atoms with van der Waals surface area (Å²) in [4.78, 5) is 29.7. The highest BCUT2D eigenvalue weighted by Crippen LogP contribution is 2.39. The lowest BCUT2D eigenvalue weighted by Gasteiger charge is -2.15. The SMILES string of the molecule is COc1c2[nH]ccc(=O)c2c(OC)c2[nH]c(=O)cc(C)c12. The zero-order chi connectivity index (χ0) is 15.1. The van der Waals surface area contributed by atoms with E-state index in [1.54, 1.807) is 6.20 Å². The van der Waals surface area contributed by atoms with Gasteiger partial charge in [-0.25, -0.2) is 0 Å². The van der Waals surface area contributed by atoms with Crippen molar-refractivity contribution in [3.63, 3.8) is 0 Å². The molecule has 0 amide bonds. The molecule has 0 aliphatic heterocycles. The normalized spacial score (nSPS) is 11.0. The van der Waals surface area contributed by atoms with Gasteiger partial charge < -0.3 is 19.4 Å². The first-order valence-electron chi connectivity index (χ1n) is 6.37. The van der Waals surface area contributed by atoms with Crippen LogP contribution in [-0.2, 0) is 0 Å². The van der Waals surface area contributed by atoms with Crippen LogP contribution in [0.25, 0.3) is 21.8 Å². The quantitative estimate of drug-likeness (QED) is 0.702. The van der Waals surface area contributed by atoms with E-state index in [4.69, 9.17) is 9.47 Å². The number of aromatic amines is 2. The van der Waals surface area contributed by atoms with Gasteiger partial charge >= 0.3 is 0 Å². The average molecular weight is 286 g/mol. The summed E-state index contributed by atoms with van der Waals surface area (Å²) in [6.45, 7) is 1.81. The first kappa shape index (κ1) is 13.2. The first-order valence-corrected chi connectivity index (χ1v) is 6.37. The van der Waals surface area contributed by atoms with Crippen molar-refractivity contribution in [2.24, 2.45) is 0 Å². The average Bonchev–Trinajstić information content (AvgIpc) is 2.45. The molecule has 0 atom stereocenters. The third kappa shape index (κ3) is 1.79. The van der Waals surface area contributed by atoms with E-state index in [9.17, 15) is 9.59 Å². The monoisotopic (exact) mass is 286 g/mol. The lowest BCUT2D eigenvalue weighted by molar-refractivity contribution is 0.416. The van der Waals surface area contributed by atoms with Crippen molar-refractivity contribution in [1.82, 2.24) is 9.97 Å². The van der Waals surface area contributed by atoms with Gasteiger partial charge in [-0.05, 0) is 12.5 Å². The summed E-state index contributed by atoms with van der Waals surface area (Å²) < 4.78 is 10.9. The highest BCUT2D eigenvalue weighted by atomic mass is 16.5. The van der Waals surface area contributed by atoms with Crippen LogP contribution < -0.4 is 20.5 Å². The Balaban J connectivity index is 2.76. The molecule has 108 valence electrons. The van der Waals surface area contributed by atoms with Crippen molar-refractivity contribution in [3.05, 3.63) is 44.5 Å². The van der Waals surface area contributed by atoms with Gasteiger partial charge in [0, 0.05) is 23.7 Å². The Hall–Kier alpha value is -2.76. The molecule has 2 aromatic heterocycles. The molecule has 2 N–H and O–H groups in total. The largest absolute Gasteiger partial charge is 0.494 e. The predicted octanol–water partition coefficient (Wildman–Crippen LogP) is 1.70.